The number of aliphatic hydroxyl groups excluding tert-OH is 1. The van der Waals surface area contributed by atoms with Gasteiger partial charge < -0.3 is 15.3 Å². The Hall–Kier alpha value is -0.610. The van der Waals surface area contributed by atoms with Crippen LogP contribution in [0.5, 0.6) is 0 Å². The first-order chi connectivity index (χ1) is 10.6. The molecular formula is C18H29ClN2O. The third-order valence-corrected chi connectivity index (χ3v) is 4.82. The highest BCUT2D eigenvalue weighted by molar-refractivity contribution is 6.31. The van der Waals surface area contributed by atoms with Gasteiger partial charge in [0.1, 0.15) is 0 Å². The van der Waals surface area contributed by atoms with Gasteiger partial charge in [0.25, 0.3) is 0 Å². The highest BCUT2D eigenvalue weighted by Gasteiger charge is 2.19. The molecule has 124 valence electrons. The van der Waals surface area contributed by atoms with E-state index in [2.05, 4.69) is 36.2 Å². The molecule has 1 saturated heterocycles. The number of piperidine rings is 1. The number of halogens is 1. The lowest BCUT2D eigenvalue weighted by Gasteiger charge is -2.30. The zero-order valence-corrected chi connectivity index (χ0v) is 14.5. The fourth-order valence-corrected chi connectivity index (χ4v) is 3.39. The SMILES string of the molecule is CC(C)C(NCCCN1CCC(O)CC1)c1ccccc1Cl. The molecule has 1 aliphatic heterocycles. The Kier molecular flexibility index (Phi) is 7.16. The lowest BCUT2D eigenvalue weighted by atomic mass is 9.96. The Balaban J connectivity index is 1.77. The van der Waals surface area contributed by atoms with Gasteiger partial charge in [0, 0.05) is 24.2 Å². The van der Waals surface area contributed by atoms with E-state index in [-0.39, 0.29) is 6.10 Å². The van der Waals surface area contributed by atoms with Crippen LogP contribution in [0.1, 0.15) is 44.7 Å². The summed E-state index contributed by atoms with van der Waals surface area (Å²) >= 11 is 6.34. The molecule has 2 N–H and O–H groups in total. The summed E-state index contributed by atoms with van der Waals surface area (Å²) in [7, 11) is 0. The van der Waals surface area contributed by atoms with Gasteiger partial charge in [-0.1, -0.05) is 43.6 Å². The van der Waals surface area contributed by atoms with Crippen LogP contribution in [0.3, 0.4) is 0 Å². The fourth-order valence-electron chi connectivity index (χ4n) is 3.14. The van der Waals surface area contributed by atoms with Crippen LogP contribution in [-0.2, 0) is 0 Å². The van der Waals surface area contributed by atoms with Gasteiger partial charge in [0.2, 0.25) is 0 Å². The van der Waals surface area contributed by atoms with E-state index >= 15 is 0 Å². The van der Waals surface area contributed by atoms with Crippen LogP contribution >= 0.6 is 11.6 Å². The predicted octanol–water partition coefficient (Wildman–Crippen LogP) is 3.47. The van der Waals surface area contributed by atoms with Crippen molar-refractivity contribution < 1.29 is 5.11 Å². The molecule has 1 aromatic rings. The topological polar surface area (TPSA) is 35.5 Å². The van der Waals surface area contributed by atoms with Crippen molar-refractivity contribution >= 4 is 11.6 Å². The number of aliphatic hydroxyl groups is 1. The minimum Gasteiger partial charge on any atom is -0.393 e. The molecule has 0 radical (unpaired) electrons. The van der Waals surface area contributed by atoms with Gasteiger partial charge in [-0.25, -0.2) is 0 Å². The highest BCUT2D eigenvalue weighted by Crippen LogP contribution is 2.27. The maximum absolute atomic E-state index is 9.53. The van der Waals surface area contributed by atoms with Gasteiger partial charge in [0.05, 0.1) is 6.10 Å². The second-order valence-electron chi connectivity index (χ2n) is 6.62. The third-order valence-electron chi connectivity index (χ3n) is 4.48. The minimum atomic E-state index is -0.0834. The van der Waals surface area contributed by atoms with Crippen molar-refractivity contribution in [2.24, 2.45) is 5.92 Å². The van der Waals surface area contributed by atoms with E-state index in [1.807, 2.05) is 12.1 Å². The molecule has 0 spiro atoms. The molecule has 2 rings (SSSR count). The maximum atomic E-state index is 9.53. The lowest BCUT2D eigenvalue weighted by Crippen LogP contribution is -2.37. The molecular weight excluding hydrogens is 296 g/mol. The second-order valence-corrected chi connectivity index (χ2v) is 7.03. The van der Waals surface area contributed by atoms with Crippen LogP contribution < -0.4 is 5.32 Å². The average Bonchev–Trinajstić information content (AvgIpc) is 2.50. The molecule has 0 aliphatic carbocycles. The molecule has 3 nitrogen and oxygen atoms in total. The Morgan fingerprint density at radius 2 is 1.95 bits per heavy atom. The quantitative estimate of drug-likeness (QED) is 0.754. The summed E-state index contributed by atoms with van der Waals surface area (Å²) in [4.78, 5) is 2.45. The number of rotatable bonds is 7. The van der Waals surface area contributed by atoms with Crippen molar-refractivity contribution in [1.82, 2.24) is 10.2 Å². The van der Waals surface area contributed by atoms with Gasteiger partial charge in [-0.15, -0.1) is 0 Å². The van der Waals surface area contributed by atoms with Gasteiger partial charge in [-0.2, -0.15) is 0 Å². The first kappa shape index (κ1) is 17.7. The Bertz CT molecular complexity index is 444. The number of hydrogen-bond donors (Lipinski definition) is 2. The van der Waals surface area contributed by atoms with Crippen LogP contribution in [0, 0.1) is 5.92 Å². The maximum Gasteiger partial charge on any atom is 0.0564 e. The van der Waals surface area contributed by atoms with Crippen molar-refractivity contribution in [3.05, 3.63) is 34.9 Å². The molecule has 0 saturated carbocycles. The van der Waals surface area contributed by atoms with E-state index in [4.69, 9.17) is 11.6 Å². The van der Waals surface area contributed by atoms with E-state index in [9.17, 15) is 5.11 Å². The summed E-state index contributed by atoms with van der Waals surface area (Å²) in [5.41, 5.74) is 1.19. The summed E-state index contributed by atoms with van der Waals surface area (Å²) in [6.07, 6.45) is 2.88. The molecule has 1 atom stereocenters. The predicted molar refractivity (Wildman–Crippen MR) is 93.3 cm³/mol. The van der Waals surface area contributed by atoms with E-state index < -0.39 is 0 Å². The fraction of sp³-hybridized carbons (Fsp3) is 0.667. The Labute approximate surface area is 139 Å². The summed E-state index contributed by atoms with van der Waals surface area (Å²) < 4.78 is 0. The van der Waals surface area contributed by atoms with Crippen molar-refractivity contribution in [1.29, 1.82) is 0 Å². The standard InChI is InChI=1S/C18H29ClN2O/c1-14(2)18(16-6-3-4-7-17(16)19)20-10-5-11-21-12-8-15(22)9-13-21/h3-4,6-7,14-15,18,20,22H,5,8-13H2,1-2H3. The van der Waals surface area contributed by atoms with Gasteiger partial charge in [-0.3, -0.25) is 0 Å². The van der Waals surface area contributed by atoms with Crippen LogP contribution in [0.4, 0.5) is 0 Å². The van der Waals surface area contributed by atoms with Gasteiger partial charge in [-0.05, 0) is 49.9 Å². The van der Waals surface area contributed by atoms with E-state index in [0.29, 0.717) is 12.0 Å². The Morgan fingerprint density at radius 3 is 2.59 bits per heavy atom. The summed E-state index contributed by atoms with van der Waals surface area (Å²) in [6.45, 7) is 8.61. The number of nitrogens with zero attached hydrogens (tertiary/aromatic N) is 1. The molecule has 0 aromatic heterocycles. The monoisotopic (exact) mass is 324 g/mol. The van der Waals surface area contributed by atoms with Crippen LogP contribution in [0.25, 0.3) is 0 Å². The molecule has 1 heterocycles. The van der Waals surface area contributed by atoms with E-state index in [1.165, 1.54) is 5.56 Å². The molecule has 22 heavy (non-hydrogen) atoms. The zero-order valence-electron chi connectivity index (χ0n) is 13.8. The van der Waals surface area contributed by atoms with Crippen molar-refractivity contribution in [2.45, 2.75) is 45.3 Å². The molecule has 0 amide bonds. The second kappa shape index (κ2) is 8.88. The van der Waals surface area contributed by atoms with Crippen LogP contribution in [0.2, 0.25) is 5.02 Å². The van der Waals surface area contributed by atoms with Crippen molar-refractivity contribution in [3.63, 3.8) is 0 Å². The number of benzene rings is 1. The molecule has 1 unspecified atom stereocenters. The largest absolute Gasteiger partial charge is 0.393 e. The normalized spacial score (nSPS) is 18.8. The molecule has 4 heteroatoms. The minimum absolute atomic E-state index is 0.0834. The zero-order chi connectivity index (χ0) is 15.9. The number of hydrogen-bond acceptors (Lipinski definition) is 3. The molecule has 1 aliphatic rings. The van der Waals surface area contributed by atoms with Gasteiger partial charge in [0.15, 0.2) is 0 Å². The number of nitrogens with one attached hydrogen (secondary N) is 1. The molecule has 1 fully saturated rings. The third kappa shape index (κ3) is 5.24. The van der Waals surface area contributed by atoms with Crippen molar-refractivity contribution in [2.75, 3.05) is 26.2 Å². The van der Waals surface area contributed by atoms with Crippen LogP contribution in [-0.4, -0.2) is 42.3 Å². The van der Waals surface area contributed by atoms with Crippen LogP contribution in [0.15, 0.2) is 24.3 Å². The van der Waals surface area contributed by atoms with E-state index in [1.54, 1.807) is 0 Å². The first-order valence-corrected chi connectivity index (χ1v) is 8.84. The summed E-state index contributed by atoms with van der Waals surface area (Å²) in [5, 5.41) is 14.0. The van der Waals surface area contributed by atoms with Crippen molar-refractivity contribution in [3.8, 4) is 0 Å². The first-order valence-electron chi connectivity index (χ1n) is 8.46. The Morgan fingerprint density at radius 1 is 1.27 bits per heavy atom. The summed E-state index contributed by atoms with van der Waals surface area (Å²) in [6, 6.07) is 8.42. The molecule has 1 aromatic carbocycles. The highest BCUT2D eigenvalue weighted by atomic mass is 35.5. The average molecular weight is 325 g/mol. The summed E-state index contributed by atoms with van der Waals surface area (Å²) in [5.74, 6) is 0.505. The smallest absolute Gasteiger partial charge is 0.0564 e. The number of likely N-dealkylation sites (tertiary alicyclic amines) is 1. The van der Waals surface area contributed by atoms with Gasteiger partial charge >= 0.3 is 0 Å². The molecule has 0 bridgehead atoms. The lowest BCUT2D eigenvalue weighted by molar-refractivity contribution is 0.0819. The van der Waals surface area contributed by atoms with E-state index in [0.717, 1.165) is 50.5 Å².